The standard InChI is InChI=1S/C7H9N.C3H4/c1-6-3-2-4-7(8)5-6;1-3-2/h2-5H,8H2,1H3;1-2H2. The Morgan fingerprint density at radius 2 is 1.91 bits per heavy atom. The SMILES string of the molecule is C=C=C.Cc1cccc(N)c1. The summed E-state index contributed by atoms with van der Waals surface area (Å²) in [6.45, 7) is 8.27. The molecule has 1 nitrogen and oxygen atoms in total. The van der Waals surface area contributed by atoms with Crippen LogP contribution in [0.25, 0.3) is 0 Å². The number of aryl methyl sites for hydroxylation is 1. The lowest BCUT2D eigenvalue weighted by atomic mass is 10.2. The molecule has 0 radical (unpaired) electrons. The van der Waals surface area contributed by atoms with Gasteiger partial charge >= 0.3 is 0 Å². The molecule has 2 N–H and O–H groups in total. The van der Waals surface area contributed by atoms with Crippen LogP contribution in [0.1, 0.15) is 5.56 Å². The van der Waals surface area contributed by atoms with Gasteiger partial charge < -0.3 is 5.73 Å². The molecule has 0 aliphatic heterocycles. The van der Waals surface area contributed by atoms with Gasteiger partial charge in [-0.2, -0.15) is 0 Å². The number of rotatable bonds is 0. The van der Waals surface area contributed by atoms with Gasteiger partial charge in [0.1, 0.15) is 0 Å². The van der Waals surface area contributed by atoms with Gasteiger partial charge in [-0.1, -0.05) is 25.3 Å². The van der Waals surface area contributed by atoms with Crippen molar-refractivity contribution in [1.82, 2.24) is 0 Å². The molecule has 0 amide bonds. The zero-order valence-electron chi connectivity index (χ0n) is 6.80. The first-order valence-electron chi connectivity index (χ1n) is 3.32. The average molecular weight is 147 g/mol. The molecular weight excluding hydrogens is 134 g/mol. The Balaban J connectivity index is 0.000000292. The van der Waals surface area contributed by atoms with E-state index in [4.69, 9.17) is 5.73 Å². The van der Waals surface area contributed by atoms with Crippen LogP contribution < -0.4 is 5.73 Å². The Morgan fingerprint density at radius 1 is 1.36 bits per heavy atom. The maximum absolute atomic E-state index is 5.46. The first kappa shape index (κ1) is 9.54. The Labute approximate surface area is 67.9 Å². The quantitative estimate of drug-likeness (QED) is 0.443. The number of hydrogen-bond donors (Lipinski definition) is 1. The van der Waals surface area contributed by atoms with Gasteiger partial charge in [0.2, 0.25) is 0 Å². The van der Waals surface area contributed by atoms with Crippen molar-refractivity contribution in [3.05, 3.63) is 48.7 Å². The van der Waals surface area contributed by atoms with E-state index in [9.17, 15) is 0 Å². The van der Waals surface area contributed by atoms with Crippen LogP contribution in [0.5, 0.6) is 0 Å². The molecule has 58 valence electrons. The van der Waals surface area contributed by atoms with Crippen molar-refractivity contribution in [2.24, 2.45) is 0 Å². The van der Waals surface area contributed by atoms with Crippen molar-refractivity contribution in [2.75, 3.05) is 5.73 Å². The summed E-state index contributed by atoms with van der Waals surface area (Å²) >= 11 is 0. The van der Waals surface area contributed by atoms with Gasteiger partial charge in [0.05, 0.1) is 0 Å². The molecule has 0 aliphatic rings. The molecule has 0 aliphatic carbocycles. The van der Waals surface area contributed by atoms with Crippen LogP contribution in [-0.2, 0) is 0 Å². The Bertz CT molecular complexity index is 228. The van der Waals surface area contributed by atoms with Gasteiger partial charge in [0.25, 0.3) is 0 Å². The monoisotopic (exact) mass is 147 g/mol. The summed E-state index contributed by atoms with van der Waals surface area (Å²) in [4.78, 5) is 0. The third-order valence-corrected chi connectivity index (χ3v) is 1.04. The number of anilines is 1. The van der Waals surface area contributed by atoms with Gasteiger partial charge in [-0.05, 0) is 24.6 Å². The summed E-state index contributed by atoms with van der Waals surface area (Å²) in [6, 6.07) is 7.80. The Hall–Kier alpha value is -1.46. The van der Waals surface area contributed by atoms with Gasteiger partial charge in [0.15, 0.2) is 0 Å². The first-order valence-corrected chi connectivity index (χ1v) is 3.32. The van der Waals surface area contributed by atoms with Crippen molar-refractivity contribution in [2.45, 2.75) is 6.92 Å². The smallest absolute Gasteiger partial charge is 0.0316 e. The van der Waals surface area contributed by atoms with E-state index in [0.29, 0.717) is 0 Å². The van der Waals surface area contributed by atoms with Crippen LogP contribution in [0.3, 0.4) is 0 Å². The number of nitrogen functional groups attached to an aromatic ring is 1. The van der Waals surface area contributed by atoms with E-state index >= 15 is 0 Å². The van der Waals surface area contributed by atoms with Crippen LogP contribution in [0.2, 0.25) is 0 Å². The molecule has 0 atom stereocenters. The van der Waals surface area contributed by atoms with E-state index in [-0.39, 0.29) is 0 Å². The average Bonchev–Trinajstić information content (AvgIpc) is 1.88. The Morgan fingerprint density at radius 3 is 2.18 bits per heavy atom. The number of benzene rings is 1. The lowest BCUT2D eigenvalue weighted by Gasteiger charge is -1.91. The van der Waals surface area contributed by atoms with Crippen molar-refractivity contribution in [3.8, 4) is 0 Å². The van der Waals surface area contributed by atoms with Crippen LogP contribution in [0.15, 0.2) is 43.2 Å². The van der Waals surface area contributed by atoms with E-state index in [1.54, 1.807) is 0 Å². The zero-order valence-corrected chi connectivity index (χ0v) is 6.80. The minimum atomic E-state index is 0.838. The molecule has 0 bridgehead atoms. The summed E-state index contributed by atoms with van der Waals surface area (Å²) in [5.41, 5.74) is 9.76. The molecule has 0 saturated heterocycles. The highest BCUT2D eigenvalue weighted by Crippen LogP contribution is 2.03. The topological polar surface area (TPSA) is 26.0 Å². The highest BCUT2D eigenvalue weighted by molar-refractivity contribution is 5.39. The molecule has 0 unspecified atom stereocenters. The van der Waals surface area contributed by atoms with Gasteiger partial charge in [-0.25, -0.2) is 0 Å². The molecule has 0 heterocycles. The van der Waals surface area contributed by atoms with Gasteiger partial charge in [0, 0.05) is 5.69 Å². The van der Waals surface area contributed by atoms with Crippen LogP contribution >= 0.6 is 0 Å². The first-order chi connectivity index (χ1) is 5.20. The van der Waals surface area contributed by atoms with E-state index < -0.39 is 0 Å². The maximum Gasteiger partial charge on any atom is 0.0316 e. The minimum absolute atomic E-state index is 0.838. The van der Waals surface area contributed by atoms with Crippen LogP contribution in [-0.4, -0.2) is 0 Å². The zero-order chi connectivity index (χ0) is 8.69. The van der Waals surface area contributed by atoms with Crippen molar-refractivity contribution in [3.63, 3.8) is 0 Å². The third kappa shape index (κ3) is 5.01. The predicted molar refractivity (Wildman–Crippen MR) is 50.4 cm³/mol. The molecule has 0 aromatic heterocycles. The second-order valence-corrected chi connectivity index (χ2v) is 2.16. The molecule has 1 aromatic rings. The normalized spacial score (nSPS) is 7.36. The van der Waals surface area contributed by atoms with Gasteiger partial charge in [-0.3, -0.25) is 0 Å². The van der Waals surface area contributed by atoms with E-state index in [1.807, 2.05) is 31.2 Å². The number of hydrogen-bond acceptors (Lipinski definition) is 1. The highest BCUT2D eigenvalue weighted by atomic mass is 14.5. The molecular formula is C10H13N. The van der Waals surface area contributed by atoms with E-state index in [1.165, 1.54) is 5.56 Å². The molecule has 0 spiro atoms. The second kappa shape index (κ2) is 5.33. The largest absolute Gasteiger partial charge is 0.399 e. The lowest BCUT2D eigenvalue weighted by Crippen LogP contribution is -1.82. The van der Waals surface area contributed by atoms with Crippen molar-refractivity contribution < 1.29 is 0 Å². The molecule has 1 heteroatoms. The maximum atomic E-state index is 5.46. The van der Waals surface area contributed by atoms with Crippen LogP contribution in [0.4, 0.5) is 5.69 Å². The summed E-state index contributed by atoms with van der Waals surface area (Å²) in [6.07, 6.45) is 0. The van der Waals surface area contributed by atoms with Crippen molar-refractivity contribution in [1.29, 1.82) is 0 Å². The highest BCUT2D eigenvalue weighted by Gasteiger charge is 1.81. The predicted octanol–water partition coefficient (Wildman–Crippen LogP) is 2.53. The second-order valence-electron chi connectivity index (χ2n) is 2.16. The number of nitrogens with two attached hydrogens (primary N) is 1. The molecule has 11 heavy (non-hydrogen) atoms. The van der Waals surface area contributed by atoms with Crippen LogP contribution in [0, 0.1) is 6.92 Å². The fourth-order valence-corrected chi connectivity index (χ4v) is 0.670. The minimum Gasteiger partial charge on any atom is -0.399 e. The Kier molecular flexibility index (Phi) is 4.63. The fourth-order valence-electron chi connectivity index (χ4n) is 0.670. The summed E-state index contributed by atoms with van der Waals surface area (Å²) in [5.74, 6) is 0. The van der Waals surface area contributed by atoms with Gasteiger partial charge in [-0.15, -0.1) is 5.73 Å². The molecule has 1 rings (SSSR count). The third-order valence-electron chi connectivity index (χ3n) is 1.04. The summed E-state index contributed by atoms with van der Waals surface area (Å²) in [7, 11) is 0. The van der Waals surface area contributed by atoms with Crippen molar-refractivity contribution >= 4 is 5.69 Å². The molecule has 0 saturated carbocycles. The summed E-state index contributed by atoms with van der Waals surface area (Å²) in [5, 5.41) is 0. The van der Waals surface area contributed by atoms with E-state index in [2.05, 4.69) is 18.9 Å². The van der Waals surface area contributed by atoms with E-state index in [0.717, 1.165) is 5.69 Å². The molecule has 0 fully saturated rings. The summed E-state index contributed by atoms with van der Waals surface area (Å²) < 4.78 is 0. The molecule has 1 aromatic carbocycles. The fraction of sp³-hybridized carbons (Fsp3) is 0.100. The lowest BCUT2D eigenvalue weighted by molar-refractivity contribution is 1.47.